The van der Waals surface area contributed by atoms with Crippen LogP contribution in [0.4, 0.5) is 11.4 Å². The molecule has 2 aromatic heterocycles. The highest BCUT2D eigenvalue weighted by molar-refractivity contribution is 6.02. The van der Waals surface area contributed by atoms with Crippen LogP contribution >= 0.6 is 0 Å². The topological polar surface area (TPSA) is 166 Å². The lowest BCUT2D eigenvalue weighted by molar-refractivity contribution is -0.124. The summed E-state index contributed by atoms with van der Waals surface area (Å²) in [6, 6.07) is 18.6. The van der Waals surface area contributed by atoms with Gasteiger partial charge in [0.25, 0.3) is 0 Å². The van der Waals surface area contributed by atoms with Gasteiger partial charge in [-0.1, -0.05) is 12.1 Å². The molecule has 0 aliphatic heterocycles. The molecule has 2 heterocycles. The number of anilines is 2. The van der Waals surface area contributed by atoms with Gasteiger partial charge in [0, 0.05) is 61.9 Å². The minimum absolute atomic E-state index is 0.121. The second-order valence-electron chi connectivity index (χ2n) is 11.5. The third-order valence-corrected chi connectivity index (χ3v) is 7.66. The predicted molar refractivity (Wildman–Crippen MR) is 189 cm³/mol. The number of carbonyl (C=O) groups is 4. The van der Waals surface area contributed by atoms with Crippen LogP contribution in [-0.4, -0.2) is 72.9 Å². The van der Waals surface area contributed by atoms with Crippen molar-refractivity contribution in [3.8, 4) is 0 Å². The molecule has 12 heteroatoms. The zero-order chi connectivity index (χ0) is 33.8. The molecule has 12 nitrogen and oxygen atoms in total. The van der Waals surface area contributed by atoms with Gasteiger partial charge in [-0.15, -0.1) is 0 Å². The number of benzene rings is 2. The fourth-order valence-corrected chi connectivity index (χ4v) is 5.11. The molecule has 48 heavy (non-hydrogen) atoms. The molecule has 4 rings (SSSR count). The van der Waals surface area contributed by atoms with Gasteiger partial charge in [0.2, 0.25) is 23.6 Å². The first-order valence-corrected chi connectivity index (χ1v) is 16.7. The van der Waals surface area contributed by atoms with E-state index in [0.29, 0.717) is 24.5 Å². The lowest BCUT2D eigenvalue weighted by Gasteiger charge is -2.09. The van der Waals surface area contributed by atoms with Crippen LogP contribution in [0.5, 0.6) is 0 Å². The Bertz CT molecular complexity index is 1520. The summed E-state index contributed by atoms with van der Waals surface area (Å²) in [5, 5.41) is 20.0. The zero-order valence-corrected chi connectivity index (χ0v) is 27.4. The number of hydrogen-bond acceptors (Lipinski definition) is 8. The van der Waals surface area contributed by atoms with Crippen LogP contribution in [0.1, 0.15) is 51.4 Å². The molecule has 0 saturated carbocycles. The smallest absolute Gasteiger partial charge is 0.224 e. The maximum Gasteiger partial charge on any atom is 0.224 e. The largest absolute Gasteiger partial charge is 0.356 e. The number of hydrogen-bond donors (Lipinski definition) is 6. The summed E-state index contributed by atoms with van der Waals surface area (Å²) in [6.07, 6.45) is 7.66. The second kappa shape index (κ2) is 20.3. The Balaban J connectivity index is 0.903. The number of pyridine rings is 2. The molecule has 0 unspecified atom stereocenters. The first-order valence-electron chi connectivity index (χ1n) is 16.7. The number of unbranched alkanes of at least 4 members (excludes halogenated alkanes) is 1. The van der Waals surface area contributed by atoms with Crippen molar-refractivity contribution in [3.05, 3.63) is 73.1 Å². The highest BCUT2D eigenvalue weighted by atomic mass is 16.2. The van der Waals surface area contributed by atoms with E-state index in [0.717, 1.165) is 73.7 Å². The van der Waals surface area contributed by atoms with E-state index in [1.807, 2.05) is 60.7 Å². The minimum Gasteiger partial charge on any atom is -0.356 e. The SMILES string of the molecule is O=C(CCC(=O)Nc1cccc2ncccc12)NCCCNCCCCNCCCNC(=O)CCC(=O)Nc1cccc2ncccc12. The summed E-state index contributed by atoms with van der Waals surface area (Å²) in [4.78, 5) is 57.5. The van der Waals surface area contributed by atoms with E-state index in [-0.39, 0.29) is 49.3 Å². The summed E-state index contributed by atoms with van der Waals surface area (Å²) in [7, 11) is 0. The van der Waals surface area contributed by atoms with E-state index in [9.17, 15) is 19.2 Å². The van der Waals surface area contributed by atoms with Crippen molar-refractivity contribution in [2.75, 3.05) is 49.9 Å². The van der Waals surface area contributed by atoms with Crippen LogP contribution in [0.2, 0.25) is 0 Å². The lowest BCUT2D eigenvalue weighted by Crippen LogP contribution is -2.29. The molecule has 0 aliphatic rings. The number of amides is 4. The van der Waals surface area contributed by atoms with Crippen molar-refractivity contribution in [1.82, 2.24) is 31.2 Å². The van der Waals surface area contributed by atoms with Gasteiger partial charge in [-0.05, 0) is 100 Å². The number of aromatic nitrogens is 2. The first-order chi connectivity index (χ1) is 23.5. The van der Waals surface area contributed by atoms with Crippen molar-refractivity contribution in [2.24, 2.45) is 0 Å². The molecule has 0 saturated heterocycles. The number of rotatable bonds is 21. The Labute approximate surface area is 281 Å². The van der Waals surface area contributed by atoms with Gasteiger partial charge in [-0.2, -0.15) is 0 Å². The van der Waals surface area contributed by atoms with E-state index in [4.69, 9.17) is 0 Å². The molecule has 0 bridgehead atoms. The summed E-state index contributed by atoms with van der Waals surface area (Å²) < 4.78 is 0. The molecular formula is C36H46N8O4. The summed E-state index contributed by atoms with van der Waals surface area (Å²) >= 11 is 0. The van der Waals surface area contributed by atoms with Crippen LogP contribution in [0.3, 0.4) is 0 Å². The van der Waals surface area contributed by atoms with E-state index in [2.05, 4.69) is 41.9 Å². The quantitative estimate of drug-likeness (QED) is 0.0737. The molecular weight excluding hydrogens is 608 g/mol. The minimum atomic E-state index is -0.200. The van der Waals surface area contributed by atoms with E-state index in [1.54, 1.807) is 12.4 Å². The molecule has 2 aromatic carbocycles. The molecule has 6 N–H and O–H groups in total. The molecule has 0 radical (unpaired) electrons. The molecule has 4 amide bonds. The van der Waals surface area contributed by atoms with E-state index >= 15 is 0 Å². The van der Waals surface area contributed by atoms with Crippen LogP contribution in [0, 0.1) is 0 Å². The number of nitrogens with zero attached hydrogens (tertiary/aromatic N) is 2. The van der Waals surface area contributed by atoms with Gasteiger partial charge >= 0.3 is 0 Å². The lowest BCUT2D eigenvalue weighted by atomic mass is 10.1. The number of fused-ring (bicyclic) bond motifs is 2. The Kier molecular flexibility index (Phi) is 15.2. The van der Waals surface area contributed by atoms with Crippen molar-refractivity contribution in [3.63, 3.8) is 0 Å². The van der Waals surface area contributed by atoms with Crippen molar-refractivity contribution in [1.29, 1.82) is 0 Å². The summed E-state index contributed by atoms with van der Waals surface area (Å²) in [5.74, 6) is -0.661. The predicted octanol–water partition coefficient (Wildman–Crippen LogP) is 3.89. The van der Waals surface area contributed by atoms with Gasteiger partial charge in [-0.3, -0.25) is 29.1 Å². The number of nitrogens with one attached hydrogen (secondary N) is 6. The van der Waals surface area contributed by atoms with Crippen LogP contribution in [0.25, 0.3) is 21.8 Å². The molecule has 0 aliphatic carbocycles. The van der Waals surface area contributed by atoms with Gasteiger partial charge in [0.1, 0.15) is 0 Å². The Hall–Kier alpha value is -4.94. The van der Waals surface area contributed by atoms with Crippen molar-refractivity contribution in [2.45, 2.75) is 51.4 Å². The average molecular weight is 655 g/mol. The monoisotopic (exact) mass is 654 g/mol. The molecule has 0 fully saturated rings. The second-order valence-corrected chi connectivity index (χ2v) is 11.5. The normalized spacial score (nSPS) is 10.9. The van der Waals surface area contributed by atoms with Crippen LogP contribution in [-0.2, 0) is 19.2 Å². The Morgan fingerprint density at radius 3 is 1.33 bits per heavy atom. The van der Waals surface area contributed by atoms with E-state index < -0.39 is 0 Å². The maximum absolute atomic E-state index is 12.3. The Morgan fingerprint density at radius 2 is 0.875 bits per heavy atom. The number of carbonyl (C=O) groups excluding carboxylic acids is 4. The molecule has 254 valence electrons. The highest BCUT2D eigenvalue weighted by Crippen LogP contribution is 2.22. The third kappa shape index (κ3) is 12.7. The molecule has 4 aromatic rings. The first kappa shape index (κ1) is 35.9. The fourth-order valence-electron chi connectivity index (χ4n) is 5.11. The fraction of sp³-hybridized carbons (Fsp3) is 0.389. The average Bonchev–Trinajstić information content (AvgIpc) is 3.10. The molecule has 0 atom stereocenters. The Morgan fingerprint density at radius 1 is 0.458 bits per heavy atom. The maximum atomic E-state index is 12.3. The van der Waals surface area contributed by atoms with E-state index in [1.165, 1.54) is 0 Å². The standard InChI is InChI=1S/C36H46N8O4/c45-33(15-17-35(47)43-31-13-3-11-29-27(31)9-5-23-39-29)41-25-7-21-37-19-1-2-20-38-22-8-26-42-34(46)16-18-36(48)44-32-14-4-12-30-28(32)10-6-24-40-30/h3-6,9-14,23-24,37-38H,1-2,7-8,15-22,25-26H2,(H,41,45)(H,42,46)(H,43,47)(H,44,48). The summed E-state index contributed by atoms with van der Waals surface area (Å²) in [5.41, 5.74) is 3.01. The zero-order valence-electron chi connectivity index (χ0n) is 27.4. The van der Waals surface area contributed by atoms with Gasteiger partial charge < -0.3 is 31.9 Å². The van der Waals surface area contributed by atoms with Gasteiger partial charge in [0.05, 0.1) is 22.4 Å². The molecule has 0 spiro atoms. The van der Waals surface area contributed by atoms with Crippen molar-refractivity contribution >= 4 is 56.8 Å². The van der Waals surface area contributed by atoms with Crippen LogP contribution in [0.15, 0.2) is 73.1 Å². The van der Waals surface area contributed by atoms with Crippen LogP contribution < -0.4 is 31.9 Å². The van der Waals surface area contributed by atoms with Gasteiger partial charge in [-0.25, -0.2) is 0 Å². The highest BCUT2D eigenvalue weighted by Gasteiger charge is 2.10. The third-order valence-electron chi connectivity index (χ3n) is 7.66. The van der Waals surface area contributed by atoms with Gasteiger partial charge in [0.15, 0.2) is 0 Å². The summed E-state index contributed by atoms with van der Waals surface area (Å²) in [6.45, 7) is 4.56. The van der Waals surface area contributed by atoms with Crippen molar-refractivity contribution < 1.29 is 19.2 Å².